The van der Waals surface area contributed by atoms with Crippen molar-refractivity contribution in [3.63, 3.8) is 0 Å². The van der Waals surface area contributed by atoms with Crippen LogP contribution < -0.4 is 4.74 Å². The Balaban J connectivity index is 1.53. The van der Waals surface area contributed by atoms with Crippen molar-refractivity contribution in [3.05, 3.63) is 70.5 Å². The molecule has 8 nitrogen and oxygen atoms in total. The molecule has 0 unspecified atom stereocenters. The first-order chi connectivity index (χ1) is 13.5. The summed E-state index contributed by atoms with van der Waals surface area (Å²) in [6.07, 6.45) is 0. The molecule has 0 N–H and O–H groups in total. The van der Waals surface area contributed by atoms with Crippen molar-refractivity contribution < 1.29 is 32.7 Å². The van der Waals surface area contributed by atoms with Crippen molar-refractivity contribution in [1.29, 1.82) is 0 Å². The molecule has 0 atom stereocenters. The summed E-state index contributed by atoms with van der Waals surface area (Å²) in [5.41, 5.74) is 2.05. The second-order valence-electron chi connectivity index (χ2n) is 5.95. The zero-order valence-corrected chi connectivity index (χ0v) is 15.7. The van der Waals surface area contributed by atoms with Crippen LogP contribution in [0.3, 0.4) is 0 Å². The molecule has 0 amide bonds. The number of benzene rings is 1. The standard InChI is InChI=1S/C20H19NO7/c1-12-17(13(2)28-21-12)11-25-15-6-4-14(5-7-15)19(22)26-10-16-8-9-18(27-16)20(23)24-3/h4-9H,10-11H2,1-3H3. The van der Waals surface area contributed by atoms with E-state index in [1.165, 1.54) is 13.2 Å². The SMILES string of the molecule is COC(=O)c1ccc(COC(=O)c2ccc(OCc3c(C)noc3C)cc2)o1. The highest BCUT2D eigenvalue weighted by Gasteiger charge is 2.14. The number of rotatable bonds is 7. The van der Waals surface area contributed by atoms with E-state index < -0.39 is 11.9 Å². The van der Waals surface area contributed by atoms with Crippen LogP contribution in [0.2, 0.25) is 0 Å². The van der Waals surface area contributed by atoms with Crippen LogP contribution in [0.5, 0.6) is 5.75 Å². The molecule has 3 aromatic rings. The van der Waals surface area contributed by atoms with Crippen LogP contribution in [0.1, 0.15) is 43.7 Å². The number of aromatic nitrogens is 1. The van der Waals surface area contributed by atoms with Gasteiger partial charge in [0.2, 0.25) is 5.76 Å². The molecule has 2 aromatic heterocycles. The van der Waals surface area contributed by atoms with Crippen molar-refractivity contribution in [3.8, 4) is 5.75 Å². The van der Waals surface area contributed by atoms with E-state index in [2.05, 4.69) is 9.89 Å². The lowest BCUT2D eigenvalue weighted by Crippen LogP contribution is -2.05. The molecule has 2 heterocycles. The van der Waals surface area contributed by atoms with Crippen molar-refractivity contribution in [2.75, 3.05) is 7.11 Å². The van der Waals surface area contributed by atoms with Gasteiger partial charge in [-0.25, -0.2) is 9.59 Å². The summed E-state index contributed by atoms with van der Waals surface area (Å²) in [5, 5.41) is 3.88. The zero-order valence-electron chi connectivity index (χ0n) is 15.7. The van der Waals surface area contributed by atoms with E-state index >= 15 is 0 Å². The van der Waals surface area contributed by atoms with E-state index in [1.807, 2.05) is 13.8 Å². The fourth-order valence-electron chi connectivity index (χ4n) is 2.44. The van der Waals surface area contributed by atoms with E-state index in [0.29, 0.717) is 29.4 Å². The van der Waals surface area contributed by atoms with E-state index in [-0.39, 0.29) is 12.4 Å². The molecular formula is C20H19NO7. The molecule has 0 saturated heterocycles. The molecule has 0 aliphatic carbocycles. The van der Waals surface area contributed by atoms with Gasteiger partial charge in [-0.05, 0) is 50.2 Å². The van der Waals surface area contributed by atoms with Crippen LogP contribution >= 0.6 is 0 Å². The number of hydrogen-bond donors (Lipinski definition) is 0. The van der Waals surface area contributed by atoms with Gasteiger partial charge in [-0.1, -0.05) is 5.16 Å². The molecule has 0 radical (unpaired) electrons. The van der Waals surface area contributed by atoms with E-state index in [1.54, 1.807) is 30.3 Å². The molecule has 0 saturated carbocycles. The maximum absolute atomic E-state index is 12.1. The Morgan fingerprint density at radius 1 is 1.00 bits per heavy atom. The summed E-state index contributed by atoms with van der Waals surface area (Å²) in [4.78, 5) is 23.5. The first-order valence-electron chi connectivity index (χ1n) is 8.46. The van der Waals surface area contributed by atoms with Crippen LogP contribution in [0, 0.1) is 13.8 Å². The predicted molar refractivity (Wildman–Crippen MR) is 95.9 cm³/mol. The van der Waals surface area contributed by atoms with Gasteiger partial charge in [0.15, 0.2) is 0 Å². The Hall–Kier alpha value is -3.55. The second kappa shape index (κ2) is 8.43. The summed E-state index contributed by atoms with van der Waals surface area (Å²) < 4.78 is 25.8. The largest absolute Gasteiger partial charge is 0.489 e. The van der Waals surface area contributed by atoms with E-state index in [0.717, 1.165) is 11.3 Å². The molecule has 0 aliphatic rings. The van der Waals surface area contributed by atoms with Gasteiger partial charge >= 0.3 is 11.9 Å². The molecule has 0 spiro atoms. The Morgan fingerprint density at radius 2 is 1.75 bits per heavy atom. The smallest absolute Gasteiger partial charge is 0.373 e. The summed E-state index contributed by atoms with van der Waals surface area (Å²) in [6.45, 7) is 3.90. The van der Waals surface area contributed by atoms with Gasteiger partial charge < -0.3 is 23.2 Å². The van der Waals surface area contributed by atoms with Crippen LogP contribution in [-0.2, 0) is 22.7 Å². The third kappa shape index (κ3) is 4.40. The van der Waals surface area contributed by atoms with Gasteiger partial charge in [-0.15, -0.1) is 0 Å². The second-order valence-corrected chi connectivity index (χ2v) is 5.95. The van der Waals surface area contributed by atoms with Crippen LogP contribution in [-0.4, -0.2) is 24.2 Å². The Kier molecular flexibility index (Phi) is 5.78. The van der Waals surface area contributed by atoms with Crippen LogP contribution in [0.25, 0.3) is 0 Å². The number of esters is 2. The molecule has 0 fully saturated rings. The van der Waals surface area contributed by atoms with Gasteiger partial charge in [-0.3, -0.25) is 0 Å². The van der Waals surface area contributed by atoms with Crippen molar-refractivity contribution >= 4 is 11.9 Å². The molecule has 0 aliphatic heterocycles. The van der Waals surface area contributed by atoms with Gasteiger partial charge in [0, 0.05) is 0 Å². The highest BCUT2D eigenvalue weighted by molar-refractivity contribution is 5.89. The maximum atomic E-state index is 12.1. The number of nitrogens with zero attached hydrogens (tertiary/aromatic N) is 1. The topological polar surface area (TPSA) is 101 Å². The number of furan rings is 1. The fraction of sp³-hybridized carbons (Fsp3) is 0.250. The number of ether oxygens (including phenoxy) is 3. The molecular weight excluding hydrogens is 366 g/mol. The van der Waals surface area contributed by atoms with Crippen molar-refractivity contribution in [2.24, 2.45) is 0 Å². The first-order valence-corrected chi connectivity index (χ1v) is 8.46. The first kappa shape index (κ1) is 19.2. The third-order valence-corrected chi connectivity index (χ3v) is 4.05. The number of hydrogen-bond acceptors (Lipinski definition) is 8. The predicted octanol–water partition coefficient (Wildman–Crippen LogP) is 3.61. The number of carbonyl (C=O) groups is 2. The summed E-state index contributed by atoms with van der Waals surface area (Å²) in [6, 6.07) is 9.57. The minimum Gasteiger partial charge on any atom is -0.489 e. The normalized spacial score (nSPS) is 10.5. The quantitative estimate of drug-likeness (QED) is 0.569. The van der Waals surface area contributed by atoms with Crippen molar-refractivity contribution in [2.45, 2.75) is 27.1 Å². The third-order valence-electron chi connectivity index (χ3n) is 4.05. The maximum Gasteiger partial charge on any atom is 0.373 e. The number of aryl methyl sites for hydroxylation is 2. The minimum absolute atomic E-state index is 0.0494. The van der Waals surface area contributed by atoms with Gasteiger partial charge in [0.05, 0.1) is 23.9 Å². The number of carbonyl (C=O) groups excluding carboxylic acids is 2. The highest BCUT2D eigenvalue weighted by atomic mass is 16.6. The van der Waals surface area contributed by atoms with Gasteiger partial charge in [-0.2, -0.15) is 0 Å². The molecule has 8 heteroatoms. The van der Waals surface area contributed by atoms with E-state index in [4.69, 9.17) is 18.4 Å². The minimum atomic E-state index is -0.593. The lowest BCUT2D eigenvalue weighted by Gasteiger charge is -2.07. The summed E-state index contributed by atoms with van der Waals surface area (Å²) in [5.74, 6) is 0.593. The van der Waals surface area contributed by atoms with Gasteiger partial charge in [0.25, 0.3) is 0 Å². The molecule has 3 rings (SSSR count). The fourth-order valence-corrected chi connectivity index (χ4v) is 2.44. The Morgan fingerprint density at radius 3 is 2.39 bits per heavy atom. The molecule has 0 bridgehead atoms. The Labute approximate surface area is 161 Å². The molecule has 1 aromatic carbocycles. The van der Waals surface area contributed by atoms with Crippen LogP contribution in [0.15, 0.2) is 45.3 Å². The highest BCUT2D eigenvalue weighted by Crippen LogP contribution is 2.19. The monoisotopic (exact) mass is 385 g/mol. The lowest BCUT2D eigenvalue weighted by molar-refractivity contribution is 0.0438. The molecule has 28 heavy (non-hydrogen) atoms. The number of methoxy groups -OCH3 is 1. The lowest BCUT2D eigenvalue weighted by atomic mass is 10.2. The Bertz CT molecular complexity index is 949. The zero-order chi connectivity index (χ0) is 20.1. The van der Waals surface area contributed by atoms with Crippen molar-refractivity contribution in [1.82, 2.24) is 5.16 Å². The summed E-state index contributed by atoms with van der Waals surface area (Å²) in [7, 11) is 1.26. The average molecular weight is 385 g/mol. The van der Waals surface area contributed by atoms with Crippen LogP contribution in [0.4, 0.5) is 0 Å². The van der Waals surface area contributed by atoms with E-state index in [9.17, 15) is 9.59 Å². The summed E-state index contributed by atoms with van der Waals surface area (Å²) >= 11 is 0. The van der Waals surface area contributed by atoms with Gasteiger partial charge in [0.1, 0.15) is 30.5 Å². The average Bonchev–Trinajstić information content (AvgIpc) is 3.31. The molecule has 146 valence electrons.